The number of anilines is 1. The van der Waals surface area contributed by atoms with Gasteiger partial charge in [-0.05, 0) is 30.7 Å². The van der Waals surface area contributed by atoms with Crippen molar-refractivity contribution in [3.8, 4) is 11.5 Å². The second kappa shape index (κ2) is 7.79. The van der Waals surface area contributed by atoms with Crippen molar-refractivity contribution in [3.05, 3.63) is 42.2 Å². The summed E-state index contributed by atoms with van der Waals surface area (Å²) in [5.41, 5.74) is 0.992. The molecule has 1 amide bonds. The molecular weight excluding hydrogens is 346 g/mol. The first-order valence-electron chi connectivity index (χ1n) is 9.13. The molecule has 1 aromatic carbocycles. The molecule has 1 saturated heterocycles. The number of hydrogen-bond acceptors (Lipinski definition) is 7. The summed E-state index contributed by atoms with van der Waals surface area (Å²) in [4.78, 5) is 25.5. The Balaban J connectivity index is 1.27. The summed E-state index contributed by atoms with van der Waals surface area (Å²) >= 11 is 0. The van der Waals surface area contributed by atoms with Crippen LogP contribution in [0.4, 0.5) is 5.95 Å². The van der Waals surface area contributed by atoms with Crippen LogP contribution >= 0.6 is 0 Å². The van der Waals surface area contributed by atoms with Crippen molar-refractivity contribution in [2.45, 2.75) is 19.5 Å². The number of rotatable bonds is 5. The lowest BCUT2D eigenvalue weighted by Gasteiger charge is -2.37. The Morgan fingerprint density at radius 1 is 1.15 bits per heavy atom. The fourth-order valence-electron chi connectivity index (χ4n) is 3.32. The summed E-state index contributed by atoms with van der Waals surface area (Å²) in [6, 6.07) is 7.35. The highest BCUT2D eigenvalue weighted by Gasteiger charge is 2.26. The van der Waals surface area contributed by atoms with Gasteiger partial charge in [-0.3, -0.25) is 9.69 Å². The normalized spacial score (nSPS) is 17.6. The zero-order valence-electron chi connectivity index (χ0n) is 15.3. The van der Waals surface area contributed by atoms with E-state index in [0.29, 0.717) is 6.54 Å². The number of ether oxygens (including phenoxy) is 2. The predicted octanol–water partition coefficient (Wildman–Crippen LogP) is 1.03. The highest BCUT2D eigenvalue weighted by atomic mass is 16.7. The Bertz CT molecular complexity index is 793. The van der Waals surface area contributed by atoms with Gasteiger partial charge in [0.25, 0.3) is 0 Å². The fraction of sp³-hybridized carbons (Fsp3) is 0.421. The molecule has 2 aliphatic rings. The average molecular weight is 369 g/mol. The van der Waals surface area contributed by atoms with Gasteiger partial charge < -0.3 is 19.7 Å². The van der Waals surface area contributed by atoms with Crippen molar-refractivity contribution in [2.24, 2.45) is 0 Å². The maximum Gasteiger partial charge on any atom is 0.237 e. The topological polar surface area (TPSA) is 79.8 Å². The van der Waals surface area contributed by atoms with Crippen molar-refractivity contribution < 1.29 is 14.3 Å². The SMILES string of the molecule is C[C@@H](C(=O)NCc1ccc2c(c1)OCO2)N1CCN(c2ncccn2)CC1. The third-order valence-electron chi connectivity index (χ3n) is 4.98. The van der Waals surface area contributed by atoms with E-state index in [1.54, 1.807) is 12.4 Å². The summed E-state index contributed by atoms with van der Waals surface area (Å²) < 4.78 is 10.7. The molecule has 0 radical (unpaired) electrons. The number of nitrogens with one attached hydrogen (secondary N) is 1. The number of benzene rings is 1. The Morgan fingerprint density at radius 2 is 1.89 bits per heavy atom. The van der Waals surface area contributed by atoms with E-state index in [1.807, 2.05) is 31.2 Å². The number of carbonyl (C=O) groups is 1. The molecule has 1 N–H and O–H groups in total. The monoisotopic (exact) mass is 369 g/mol. The second-order valence-corrected chi connectivity index (χ2v) is 6.65. The van der Waals surface area contributed by atoms with E-state index < -0.39 is 0 Å². The molecule has 1 fully saturated rings. The first kappa shape index (κ1) is 17.5. The lowest BCUT2D eigenvalue weighted by molar-refractivity contribution is -0.126. The third-order valence-corrected chi connectivity index (χ3v) is 4.98. The number of amides is 1. The van der Waals surface area contributed by atoms with Crippen molar-refractivity contribution >= 4 is 11.9 Å². The van der Waals surface area contributed by atoms with Gasteiger partial charge >= 0.3 is 0 Å². The van der Waals surface area contributed by atoms with E-state index in [1.165, 1.54) is 0 Å². The van der Waals surface area contributed by atoms with Gasteiger partial charge in [-0.25, -0.2) is 9.97 Å². The smallest absolute Gasteiger partial charge is 0.237 e. The molecule has 8 heteroatoms. The van der Waals surface area contributed by atoms with Crippen molar-refractivity contribution in [1.82, 2.24) is 20.2 Å². The minimum absolute atomic E-state index is 0.0251. The lowest BCUT2D eigenvalue weighted by Crippen LogP contribution is -2.54. The van der Waals surface area contributed by atoms with E-state index in [0.717, 1.165) is 49.2 Å². The fourth-order valence-corrected chi connectivity index (χ4v) is 3.32. The molecule has 8 nitrogen and oxygen atoms in total. The Labute approximate surface area is 158 Å². The molecule has 0 aliphatic carbocycles. The van der Waals surface area contributed by atoms with E-state index >= 15 is 0 Å². The molecular formula is C19H23N5O3. The minimum atomic E-state index is -0.183. The molecule has 2 aromatic rings. The minimum Gasteiger partial charge on any atom is -0.454 e. The van der Waals surface area contributed by atoms with Crippen molar-refractivity contribution in [2.75, 3.05) is 37.9 Å². The van der Waals surface area contributed by atoms with Crippen LogP contribution in [0.2, 0.25) is 0 Å². The molecule has 0 spiro atoms. The summed E-state index contributed by atoms with van der Waals surface area (Å²) in [7, 11) is 0. The number of aromatic nitrogens is 2. The Hall–Kier alpha value is -2.87. The molecule has 142 valence electrons. The molecule has 27 heavy (non-hydrogen) atoms. The molecule has 3 heterocycles. The summed E-state index contributed by atoms with van der Waals surface area (Å²) in [5.74, 6) is 2.25. The van der Waals surface area contributed by atoms with Crippen molar-refractivity contribution in [3.63, 3.8) is 0 Å². The predicted molar refractivity (Wildman–Crippen MR) is 99.7 cm³/mol. The van der Waals surface area contributed by atoms with Crippen LogP contribution in [-0.2, 0) is 11.3 Å². The van der Waals surface area contributed by atoms with Gasteiger partial charge in [0.1, 0.15) is 0 Å². The van der Waals surface area contributed by atoms with Crippen molar-refractivity contribution in [1.29, 1.82) is 0 Å². The molecule has 0 unspecified atom stereocenters. The number of fused-ring (bicyclic) bond motifs is 1. The van der Waals surface area contributed by atoms with Crippen LogP contribution in [0.3, 0.4) is 0 Å². The Morgan fingerprint density at radius 3 is 2.67 bits per heavy atom. The quantitative estimate of drug-likeness (QED) is 0.843. The van der Waals surface area contributed by atoms with Crippen LogP contribution in [0, 0.1) is 0 Å². The molecule has 2 aliphatic heterocycles. The maximum atomic E-state index is 12.6. The highest BCUT2D eigenvalue weighted by molar-refractivity contribution is 5.81. The number of nitrogens with zero attached hydrogens (tertiary/aromatic N) is 4. The van der Waals surface area contributed by atoms with Gasteiger partial charge in [0.2, 0.25) is 18.6 Å². The zero-order chi connectivity index (χ0) is 18.6. The summed E-state index contributed by atoms with van der Waals surface area (Å²) in [6.07, 6.45) is 3.50. The van der Waals surface area contributed by atoms with E-state index in [9.17, 15) is 4.79 Å². The van der Waals surface area contributed by atoms with Crippen LogP contribution in [0.15, 0.2) is 36.7 Å². The van der Waals surface area contributed by atoms with Crippen LogP contribution in [-0.4, -0.2) is 59.8 Å². The Kier molecular flexibility index (Phi) is 5.06. The van der Waals surface area contributed by atoms with Crippen LogP contribution < -0.4 is 19.7 Å². The van der Waals surface area contributed by atoms with Crippen LogP contribution in [0.5, 0.6) is 11.5 Å². The maximum absolute atomic E-state index is 12.6. The van der Waals surface area contributed by atoms with Crippen LogP contribution in [0.25, 0.3) is 0 Å². The largest absolute Gasteiger partial charge is 0.454 e. The molecule has 0 bridgehead atoms. The van der Waals surface area contributed by atoms with Gasteiger partial charge in [0, 0.05) is 45.1 Å². The van der Waals surface area contributed by atoms with E-state index in [-0.39, 0.29) is 18.7 Å². The highest BCUT2D eigenvalue weighted by Crippen LogP contribution is 2.32. The number of piperazine rings is 1. The summed E-state index contributed by atoms with van der Waals surface area (Å²) in [5, 5.41) is 3.01. The molecule has 1 aromatic heterocycles. The lowest BCUT2D eigenvalue weighted by atomic mass is 10.2. The standard InChI is InChI=1S/C19H23N5O3/c1-14(23-7-9-24(10-8-23)19-20-5-2-6-21-19)18(25)22-12-15-3-4-16-17(11-15)27-13-26-16/h2-6,11,14H,7-10,12-13H2,1H3,(H,22,25)/t14-/m0/s1. The average Bonchev–Trinajstić information content (AvgIpc) is 3.20. The van der Waals surface area contributed by atoms with Gasteiger partial charge in [0.05, 0.1) is 6.04 Å². The van der Waals surface area contributed by atoms with Gasteiger partial charge in [-0.1, -0.05) is 6.07 Å². The summed E-state index contributed by atoms with van der Waals surface area (Å²) in [6.45, 7) is 5.89. The molecule has 0 saturated carbocycles. The molecule has 1 atom stereocenters. The second-order valence-electron chi connectivity index (χ2n) is 6.65. The number of hydrogen-bond donors (Lipinski definition) is 1. The van der Waals surface area contributed by atoms with Gasteiger partial charge in [-0.15, -0.1) is 0 Å². The van der Waals surface area contributed by atoms with Gasteiger partial charge in [-0.2, -0.15) is 0 Å². The first-order valence-corrected chi connectivity index (χ1v) is 9.13. The van der Waals surface area contributed by atoms with Gasteiger partial charge in [0.15, 0.2) is 11.5 Å². The number of carbonyl (C=O) groups excluding carboxylic acids is 1. The first-order chi connectivity index (χ1) is 13.2. The molecule has 4 rings (SSSR count). The third kappa shape index (κ3) is 3.95. The zero-order valence-corrected chi connectivity index (χ0v) is 15.3. The van der Waals surface area contributed by atoms with E-state index in [4.69, 9.17) is 9.47 Å². The van der Waals surface area contributed by atoms with Crippen LogP contribution in [0.1, 0.15) is 12.5 Å². The van der Waals surface area contributed by atoms with E-state index in [2.05, 4.69) is 25.1 Å².